The first-order valence-electron chi connectivity index (χ1n) is 7.50. The molecular weight excluding hydrogens is 328 g/mol. The zero-order valence-electron chi connectivity index (χ0n) is 12.5. The van der Waals surface area contributed by atoms with Crippen molar-refractivity contribution in [1.82, 2.24) is 10.5 Å². The highest BCUT2D eigenvalue weighted by Crippen LogP contribution is 2.32. The second-order valence-corrected chi connectivity index (χ2v) is 5.70. The molecule has 1 aromatic heterocycles. The summed E-state index contributed by atoms with van der Waals surface area (Å²) in [4.78, 5) is 12.0. The van der Waals surface area contributed by atoms with Crippen LogP contribution in [0.4, 0.5) is 17.6 Å². The van der Waals surface area contributed by atoms with Gasteiger partial charge >= 0.3 is 6.18 Å². The second kappa shape index (κ2) is 6.26. The fraction of sp³-hybridized carbons (Fsp3) is 0.375. The van der Waals surface area contributed by atoms with E-state index in [-0.39, 0.29) is 17.4 Å². The summed E-state index contributed by atoms with van der Waals surface area (Å²) in [6.45, 7) is 0. The normalized spacial score (nSPS) is 15.7. The molecule has 0 spiro atoms. The molecule has 0 atom stereocenters. The molecule has 4 nitrogen and oxygen atoms in total. The quantitative estimate of drug-likeness (QED) is 0.852. The number of alkyl halides is 3. The van der Waals surface area contributed by atoms with Crippen molar-refractivity contribution in [1.29, 1.82) is 0 Å². The van der Waals surface area contributed by atoms with Crippen LogP contribution in [0.15, 0.2) is 28.8 Å². The maximum Gasteiger partial charge on any atom is 0.416 e. The maximum atomic E-state index is 14.3. The van der Waals surface area contributed by atoms with Crippen LogP contribution in [-0.4, -0.2) is 17.1 Å². The molecule has 2 aromatic rings. The standard InChI is InChI=1S/C16H14F4N2O2/c17-12-13(15(23)21-11-3-1-2-4-11)22-24-14(12)9-5-7-10(8-6-9)16(18,19)20/h5-8,11H,1-4H2,(H,21,23). The molecule has 0 unspecified atom stereocenters. The molecule has 3 rings (SSSR count). The molecule has 1 saturated carbocycles. The van der Waals surface area contributed by atoms with E-state index < -0.39 is 29.2 Å². The van der Waals surface area contributed by atoms with Crippen molar-refractivity contribution >= 4 is 5.91 Å². The predicted molar refractivity (Wildman–Crippen MR) is 76.6 cm³/mol. The fourth-order valence-electron chi connectivity index (χ4n) is 2.73. The number of halogens is 4. The number of aromatic nitrogens is 1. The molecule has 128 valence electrons. The van der Waals surface area contributed by atoms with E-state index >= 15 is 0 Å². The van der Waals surface area contributed by atoms with E-state index in [1.807, 2.05) is 0 Å². The Morgan fingerprint density at radius 1 is 1.17 bits per heavy atom. The summed E-state index contributed by atoms with van der Waals surface area (Å²) in [6, 6.07) is 3.77. The van der Waals surface area contributed by atoms with Gasteiger partial charge in [-0.1, -0.05) is 30.1 Å². The van der Waals surface area contributed by atoms with Crippen LogP contribution in [0, 0.1) is 5.82 Å². The summed E-state index contributed by atoms with van der Waals surface area (Å²) >= 11 is 0. The Morgan fingerprint density at radius 3 is 2.38 bits per heavy atom. The first-order chi connectivity index (χ1) is 11.4. The van der Waals surface area contributed by atoms with Gasteiger partial charge in [0.25, 0.3) is 5.91 Å². The Balaban J connectivity index is 1.80. The lowest BCUT2D eigenvalue weighted by Gasteiger charge is -2.09. The number of nitrogens with zero attached hydrogens (tertiary/aromatic N) is 1. The van der Waals surface area contributed by atoms with Crippen molar-refractivity contribution < 1.29 is 26.9 Å². The number of carbonyl (C=O) groups excluding carboxylic acids is 1. The molecular formula is C16H14F4N2O2. The van der Waals surface area contributed by atoms with Crippen LogP contribution in [0.5, 0.6) is 0 Å². The van der Waals surface area contributed by atoms with Gasteiger partial charge in [0.15, 0.2) is 0 Å². The molecule has 1 aliphatic rings. The average Bonchev–Trinajstić information content (AvgIpc) is 3.16. The molecule has 1 amide bonds. The van der Waals surface area contributed by atoms with E-state index in [0.717, 1.165) is 49.9 Å². The topological polar surface area (TPSA) is 55.1 Å². The van der Waals surface area contributed by atoms with Crippen LogP contribution in [0.25, 0.3) is 11.3 Å². The minimum absolute atomic E-state index is 0.0110. The van der Waals surface area contributed by atoms with E-state index in [2.05, 4.69) is 10.5 Å². The molecule has 8 heteroatoms. The molecule has 1 aromatic carbocycles. The predicted octanol–water partition coefficient (Wildman–Crippen LogP) is 4.17. The van der Waals surface area contributed by atoms with Gasteiger partial charge in [0.05, 0.1) is 5.56 Å². The average molecular weight is 342 g/mol. The van der Waals surface area contributed by atoms with Gasteiger partial charge in [0, 0.05) is 11.6 Å². The number of carbonyl (C=O) groups is 1. The van der Waals surface area contributed by atoms with Crippen LogP contribution in [0.3, 0.4) is 0 Å². The van der Waals surface area contributed by atoms with Crippen LogP contribution in [0.2, 0.25) is 0 Å². The van der Waals surface area contributed by atoms with Crippen molar-refractivity contribution in [3.63, 3.8) is 0 Å². The summed E-state index contributed by atoms with van der Waals surface area (Å²) in [5, 5.41) is 6.10. The van der Waals surface area contributed by atoms with Crippen molar-refractivity contribution in [2.45, 2.75) is 37.9 Å². The van der Waals surface area contributed by atoms with E-state index in [9.17, 15) is 22.4 Å². The van der Waals surface area contributed by atoms with Gasteiger partial charge in [0.1, 0.15) is 0 Å². The SMILES string of the molecule is O=C(NC1CCCC1)c1noc(-c2ccc(C(F)(F)F)cc2)c1F. The molecule has 1 N–H and O–H groups in total. The van der Waals surface area contributed by atoms with E-state index in [4.69, 9.17) is 4.52 Å². The number of hydrogen-bond acceptors (Lipinski definition) is 3. The minimum Gasteiger partial charge on any atom is -0.352 e. The maximum absolute atomic E-state index is 14.3. The Labute approximate surface area is 134 Å². The first-order valence-corrected chi connectivity index (χ1v) is 7.50. The fourth-order valence-corrected chi connectivity index (χ4v) is 2.73. The highest BCUT2D eigenvalue weighted by molar-refractivity contribution is 5.93. The number of hydrogen-bond donors (Lipinski definition) is 1. The van der Waals surface area contributed by atoms with Crippen molar-refractivity contribution in [3.8, 4) is 11.3 Å². The summed E-state index contributed by atoms with van der Waals surface area (Å²) in [7, 11) is 0. The van der Waals surface area contributed by atoms with Gasteiger partial charge in [0.2, 0.25) is 17.3 Å². The minimum atomic E-state index is -4.48. The van der Waals surface area contributed by atoms with Gasteiger partial charge in [-0.2, -0.15) is 17.6 Å². The molecule has 24 heavy (non-hydrogen) atoms. The number of amides is 1. The number of benzene rings is 1. The van der Waals surface area contributed by atoms with Gasteiger partial charge in [-0.25, -0.2) is 0 Å². The molecule has 0 bridgehead atoms. The van der Waals surface area contributed by atoms with Gasteiger partial charge in [-0.3, -0.25) is 4.79 Å². The highest BCUT2D eigenvalue weighted by Gasteiger charge is 2.31. The molecule has 0 radical (unpaired) electrons. The van der Waals surface area contributed by atoms with Crippen LogP contribution >= 0.6 is 0 Å². The smallest absolute Gasteiger partial charge is 0.352 e. The summed E-state index contributed by atoms with van der Waals surface area (Å²) < 4.78 is 56.8. The third kappa shape index (κ3) is 3.27. The van der Waals surface area contributed by atoms with Crippen LogP contribution < -0.4 is 5.32 Å². The van der Waals surface area contributed by atoms with Crippen LogP contribution in [-0.2, 0) is 6.18 Å². The molecule has 1 heterocycles. The summed E-state index contributed by atoms with van der Waals surface area (Å²) in [5.74, 6) is -2.02. The molecule has 1 aliphatic carbocycles. The Hall–Kier alpha value is -2.38. The van der Waals surface area contributed by atoms with E-state index in [0.29, 0.717) is 0 Å². The number of nitrogens with one attached hydrogen (secondary N) is 1. The number of rotatable bonds is 3. The Bertz CT molecular complexity index is 732. The second-order valence-electron chi connectivity index (χ2n) is 5.70. The Morgan fingerprint density at radius 2 is 1.79 bits per heavy atom. The van der Waals surface area contributed by atoms with Gasteiger partial charge in [-0.15, -0.1) is 0 Å². The summed E-state index contributed by atoms with van der Waals surface area (Å²) in [5.41, 5.74) is -1.27. The van der Waals surface area contributed by atoms with E-state index in [1.165, 1.54) is 0 Å². The lowest BCUT2D eigenvalue weighted by atomic mass is 10.1. The van der Waals surface area contributed by atoms with Crippen LogP contribution in [0.1, 0.15) is 41.7 Å². The van der Waals surface area contributed by atoms with Gasteiger partial charge < -0.3 is 9.84 Å². The molecule has 1 fully saturated rings. The first kappa shape index (κ1) is 16.5. The third-order valence-electron chi connectivity index (χ3n) is 4.02. The molecule has 0 aliphatic heterocycles. The van der Waals surface area contributed by atoms with E-state index in [1.54, 1.807) is 0 Å². The van der Waals surface area contributed by atoms with Crippen molar-refractivity contribution in [2.75, 3.05) is 0 Å². The third-order valence-corrected chi connectivity index (χ3v) is 4.02. The lowest BCUT2D eigenvalue weighted by molar-refractivity contribution is -0.137. The highest BCUT2D eigenvalue weighted by atomic mass is 19.4. The monoisotopic (exact) mass is 342 g/mol. The van der Waals surface area contributed by atoms with Gasteiger partial charge in [-0.05, 0) is 25.0 Å². The zero-order chi connectivity index (χ0) is 17.3. The van der Waals surface area contributed by atoms with Crippen molar-refractivity contribution in [3.05, 3.63) is 41.3 Å². The Kier molecular flexibility index (Phi) is 4.29. The summed E-state index contributed by atoms with van der Waals surface area (Å²) in [6.07, 6.45) is -0.815. The zero-order valence-corrected chi connectivity index (χ0v) is 12.5. The lowest BCUT2D eigenvalue weighted by Crippen LogP contribution is -2.33. The molecule has 0 saturated heterocycles. The largest absolute Gasteiger partial charge is 0.416 e. The van der Waals surface area contributed by atoms with Crippen molar-refractivity contribution in [2.24, 2.45) is 0 Å².